The first-order valence-electron chi connectivity index (χ1n) is 10.3. The van der Waals surface area contributed by atoms with Crippen LogP contribution in [0.1, 0.15) is 16.9 Å². The van der Waals surface area contributed by atoms with Gasteiger partial charge in [-0.25, -0.2) is 0 Å². The molecule has 37 heavy (non-hydrogen) atoms. The minimum atomic E-state index is -5.03. The van der Waals surface area contributed by atoms with E-state index in [2.05, 4.69) is 15.5 Å². The molecule has 1 amide bonds. The Bertz CT molecular complexity index is 1350. The lowest BCUT2D eigenvalue weighted by Crippen LogP contribution is -2.17. The van der Waals surface area contributed by atoms with Gasteiger partial charge in [-0.2, -0.15) is 26.3 Å². The van der Waals surface area contributed by atoms with Gasteiger partial charge in [0.15, 0.2) is 11.0 Å². The molecule has 0 aliphatic rings. The molecule has 0 saturated carbocycles. The Hall–Kier alpha value is -3.45. The number of nitrogens with zero attached hydrogens (tertiary/aromatic N) is 3. The van der Waals surface area contributed by atoms with Gasteiger partial charge in [-0.05, 0) is 54.6 Å². The number of aromatic nitrogens is 3. The van der Waals surface area contributed by atoms with Crippen LogP contribution >= 0.6 is 23.4 Å². The van der Waals surface area contributed by atoms with Crippen LogP contribution in [0.25, 0.3) is 11.4 Å². The maximum atomic E-state index is 13.1. The zero-order chi connectivity index (χ0) is 26.8. The van der Waals surface area contributed by atoms with Gasteiger partial charge in [0, 0.05) is 16.3 Å². The van der Waals surface area contributed by atoms with Crippen LogP contribution < -0.4 is 5.32 Å². The van der Waals surface area contributed by atoms with Gasteiger partial charge < -0.3 is 9.73 Å². The molecule has 0 aliphatic heterocycles. The summed E-state index contributed by atoms with van der Waals surface area (Å²) in [5.74, 6) is -0.208. The van der Waals surface area contributed by atoms with Crippen LogP contribution in [0.5, 0.6) is 0 Å². The quantitative estimate of drug-likeness (QED) is 0.194. The van der Waals surface area contributed by atoms with Crippen molar-refractivity contribution in [2.75, 3.05) is 11.1 Å². The van der Waals surface area contributed by atoms with Crippen LogP contribution in [0, 0.1) is 0 Å². The number of rotatable bonds is 7. The summed E-state index contributed by atoms with van der Waals surface area (Å²) in [5.41, 5.74) is -3.03. The number of hydrogen-bond acceptors (Lipinski definition) is 5. The van der Waals surface area contributed by atoms with E-state index in [0.29, 0.717) is 34.3 Å². The van der Waals surface area contributed by atoms with Gasteiger partial charge >= 0.3 is 12.4 Å². The van der Waals surface area contributed by atoms with Crippen molar-refractivity contribution in [1.82, 2.24) is 14.8 Å². The van der Waals surface area contributed by atoms with E-state index in [1.54, 1.807) is 41.0 Å². The molecule has 0 spiro atoms. The van der Waals surface area contributed by atoms with Gasteiger partial charge in [0.25, 0.3) is 0 Å². The van der Waals surface area contributed by atoms with Crippen molar-refractivity contribution in [1.29, 1.82) is 0 Å². The molecule has 1 N–H and O–H groups in total. The van der Waals surface area contributed by atoms with Crippen molar-refractivity contribution in [3.8, 4) is 11.4 Å². The van der Waals surface area contributed by atoms with E-state index in [9.17, 15) is 31.1 Å². The Balaban J connectivity index is 1.55. The Morgan fingerprint density at radius 2 is 1.62 bits per heavy atom. The summed E-state index contributed by atoms with van der Waals surface area (Å²) in [7, 11) is 0. The lowest BCUT2D eigenvalue weighted by Gasteiger charge is -2.14. The molecule has 0 fully saturated rings. The number of anilines is 1. The van der Waals surface area contributed by atoms with Crippen molar-refractivity contribution >= 4 is 35.0 Å². The standard InChI is InChI=1S/C23H15ClF6N4O2S/c24-16-5-3-13(4-6-16)20-32-33-21(34(20)11-18-2-1-7-36-18)37-12-19(35)31-17-9-14(22(25,26)27)8-15(10-17)23(28,29)30/h1-10H,11-12H2,(H,31,35). The maximum Gasteiger partial charge on any atom is 0.416 e. The Labute approximate surface area is 214 Å². The molecule has 6 nitrogen and oxygen atoms in total. The van der Waals surface area contributed by atoms with Crippen molar-refractivity contribution in [2.45, 2.75) is 24.1 Å². The topological polar surface area (TPSA) is 73.0 Å². The summed E-state index contributed by atoms with van der Waals surface area (Å²) >= 11 is 6.85. The molecule has 0 atom stereocenters. The fourth-order valence-electron chi connectivity index (χ4n) is 3.26. The zero-order valence-corrected chi connectivity index (χ0v) is 20.0. The zero-order valence-electron chi connectivity index (χ0n) is 18.4. The number of carbonyl (C=O) groups excluding carboxylic acids is 1. The molecule has 2 aromatic carbocycles. The molecule has 0 aliphatic carbocycles. The molecular formula is C23H15ClF6N4O2S. The number of halogens is 7. The van der Waals surface area contributed by atoms with E-state index in [1.165, 1.54) is 6.26 Å². The SMILES string of the molecule is O=C(CSc1nnc(-c2ccc(Cl)cc2)n1Cc1ccco1)Nc1cc(C(F)(F)F)cc(C(F)(F)F)c1. The molecular weight excluding hydrogens is 546 g/mol. The molecule has 0 saturated heterocycles. The van der Waals surface area contributed by atoms with Gasteiger partial charge in [0.05, 0.1) is 29.7 Å². The van der Waals surface area contributed by atoms with E-state index >= 15 is 0 Å². The minimum absolute atomic E-state index is 0.0141. The molecule has 4 rings (SSSR count). The lowest BCUT2D eigenvalue weighted by molar-refractivity contribution is -0.143. The summed E-state index contributed by atoms with van der Waals surface area (Å²) in [6.07, 6.45) is -8.59. The number of alkyl halides is 6. The average Bonchev–Trinajstić information content (AvgIpc) is 3.47. The normalized spacial score (nSPS) is 12.1. The van der Waals surface area contributed by atoms with Crippen LogP contribution in [-0.4, -0.2) is 26.4 Å². The highest BCUT2D eigenvalue weighted by molar-refractivity contribution is 7.99. The Morgan fingerprint density at radius 3 is 2.19 bits per heavy atom. The van der Waals surface area contributed by atoms with Crippen LogP contribution in [0.2, 0.25) is 5.02 Å². The van der Waals surface area contributed by atoms with Crippen LogP contribution in [0.3, 0.4) is 0 Å². The molecule has 0 bridgehead atoms. The molecule has 4 aromatic rings. The molecule has 2 heterocycles. The molecule has 0 unspecified atom stereocenters. The number of hydrogen-bond donors (Lipinski definition) is 1. The third-order valence-corrected chi connectivity index (χ3v) is 6.14. The Kier molecular flexibility index (Phi) is 7.55. The second-order valence-electron chi connectivity index (χ2n) is 7.61. The fraction of sp³-hybridized carbons (Fsp3) is 0.174. The van der Waals surface area contributed by atoms with Crippen molar-refractivity contribution < 1.29 is 35.6 Å². The largest absolute Gasteiger partial charge is 0.467 e. The predicted octanol–water partition coefficient (Wildman–Crippen LogP) is 7.01. The van der Waals surface area contributed by atoms with Crippen LogP contribution in [0.4, 0.5) is 32.0 Å². The average molecular weight is 561 g/mol. The first kappa shape index (κ1) is 26.6. The third kappa shape index (κ3) is 6.66. The summed E-state index contributed by atoms with van der Waals surface area (Å²) in [5, 5.41) is 11.1. The second kappa shape index (κ2) is 10.5. The minimum Gasteiger partial charge on any atom is -0.467 e. The van der Waals surface area contributed by atoms with Gasteiger partial charge in [0.2, 0.25) is 5.91 Å². The highest BCUT2D eigenvalue weighted by Gasteiger charge is 2.37. The number of furan rings is 1. The summed E-state index contributed by atoms with van der Waals surface area (Å²) in [6.45, 7) is 0.199. The van der Waals surface area contributed by atoms with E-state index in [4.69, 9.17) is 16.0 Å². The molecule has 0 radical (unpaired) electrons. The number of benzene rings is 2. The van der Waals surface area contributed by atoms with Crippen molar-refractivity contribution in [2.24, 2.45) is 0 Å². The number of amides is 1. The van der Waals surface area contributed by atoms with Crippen molar-refractivity contribution in [3.63, 3.8) is 0 Å². The first-order chi connectivity index (χ1) is 17.4. The van der Waals surface area contributed by atoms with Gasteiger partial charge in [-0.3, -0.25) is 9.36 Å². The van der Waals surface area contributed by atoms with Crippen LogP contribution in [-0.2, 0) is 23.7 Å². The molecule has 14 heteroatoms. The highest BCUT2D eigenvalue weighted by atomic mass is 35.5. The van der Waals surface area contributed by atoms with Gasteiger partial charge in [-0.1, -0.05) is 23.4 Å². The maximum absolute atomic E-state index is 13.1. The fourth-order valence-corrected chi connectivity index (χ4v) is 4.13. The van der Waals surface area contributed by atoms with E-state index in [0.717, 1.165) is 11.8 Å². The lowest BCUT2D eigenvalue weighted by atomic mass is 10.1. The number of thioether (sulfide) groups is 1. The van der Waals surface area contributed by atoms with Gasteiger partial charge in [-0.15, -0.1) is 10.2 Å². The Morgan fingerprint density at radius 1 is 0.973 bits per heavy atom. The van der Waals surface area contributed by atoms with E-state index < -0.39 is 35.1 Å². The second-order valence-corrected chi connectivity index (χ2v) is 8.99. The monoisotopic (exact) mass is 560 g/mol. The number of carbonyl (C=O) groups is 1. The summed E-state index contributed by atoms with van der Waals surface area (Å²) < 4.78 is 85.6. The highest BCUT2D eigenvalue weighted by Crippen LogP contribution is 2.37. The number of nitrogens with one attached hydrogen (secondary N) is 1. The molecule has 194 valence electrons. The van der Waals surface area contributed by atoms with Crippen LogP contribution in [0.15, 0.2) is 70.4 Å². The predicted molar refractivity (Wildman–Crippen MR) is 124 cm³/mol. The summed E-state index contributed by atoms with van der Waals surface area (Å²) in [6, 6.07) is 11.0. The van der Waals surface area contributed by atoms with Crippen molar-refractivity contribution in [3.05, 3.63) is 82.8 Å². The molecule has 2 aromatic heterocycles. The first-order valence-corrected chi connectivity index (χ1v) is 11.7. The third-order valence-electron chi connectivity index (χ3n) is 4.92. The smallest absolute Gasteiger partial charge is 0.416 e. The summed E-state index contributed by atoms with van der Waals surface area (Å²) in [4.78, 5) is 12.5. The van der Waals surface area contributed by atoms with E-state index in [1.807, 2.05) is 0 Å². The van der Waals surface area contributed by atoms with Gasteiger partial charge in [0.1, 0.15) is 5.76 Å². The van der Waals surface area contributed by atoms with E-state index in [-0.39, 0.29) is 23.5 Å².